The molecule has 0 unspecified atom stereocenters. The Morgan fingerprint density at radius 1 is 1.40 bits per heavy atom. The number of benzene rings is 1. The van der Waals surface area contributed by atoms with Crippen LogP contribution in [0.25, 0.3) is 6.08 Å². The van der Waals surface area contributed by atoms with Gasteiger partial charge in [0.05, 0.1) is 0 Å². The van der Waals surface area contributed by atoms with Crippen molar-refractivity contribution in [2.45, 2.75) is 6.92 Å². The number of amides is 1. The number of anilines is 1. The van der Waals surface area contributed by atoms with Crippen LogP contribution in [0.1, 0.15) is 12.5 Å². The lowest BCUT2D eigenvalue weighted by atomic mass is 10.2. The van der Waals surface area contributed by atoms with Crippen LogP contribution in [0.15, 0.2) is 30.3 Å². The Bertz CT molecular complexity index is 410. The summed E-state index contributed by atoms with van der Waals surface area (Å²) < 4.78 is 0. The average Bonchev–Trinajstić information content (AvgIpc) is 2.14. The van der Waals surface area contributed by atoms with Crippen molar-refractivity contribution in [3.05, 3.63) is 35.9 Å². The Balaban J connectivity index is 2.82. The number of hydrogen-bond donors (Lipinski definition) is 2. The van der Waals surface area contributed by atoms with E-state index >= 15 is 0 Å². The van der Waals surface area contributed by atoms with Crippen LogP contribution in [-0.4, -0.2) is 17.0 Å². The highest BCUT2D eigenvalue weighted by Gasteiger charge is 1.95. The molecule has 1 aromatic rings. The molecule has 15 heavy (non-hydrogen) atoms. The fourth-order valence-corrected chi connectivity index (χ4v) is 1.09. The molecule has 78 valence electrons. The fourth-order valence-electron chi connectivity index (χ4n) is 1.09. The molecule has 1 amide bonds. The van der Waals surface area contributed by atoms with Crippen LogP contribution in [0.5, 0.6) is 0 Å². The largest absolute Gasteiger partial charge is 0.478 e. The second-order valence-electron chi connectivity index (χ2n) is 2.98. The Morgan fingerprint density at radius 2 is 2.13 bits per heavy atom. The molecule has 0 fully saturated rings. The first-order chi connectivity index (χ1) is 7.08. The monoisotopic (exact) mass is 205 g/mol. The first-order valence-electron chi connectivity index (χ1n) is 4.36. The highest BCUT2D eigenvalue weighted by molar-refractivity contribution is 5.89. The molecule has 2 N–H and O–H groups in total. The molecule has 4 heteroatoms. The van der Waals surface area contributed by atoms with Crippen LogP contribution in [0, 0.1) is 0 Å². The predicted molar refractivity (Wildman–Crippen MR) is 57.4 cm³/mol. The van der Waals surface area contributed by atoms with Gasteiger partial charge in [0.15, 0.2) is 0 Å². The van der Waals surface area contributed by atoms with Crippen molar-refractivity contribution in [2.75, 3.05) is 5.32 Å². The summed E-state index contributed by atoms with van der Waals surface area (Å²) in [5, 5.41) is 11.0. The van der Waals surface area contributed by atoms with Crippen molar-refractivity contribution in [3.8, 4) is 0 Å². The number of aliphatic carboxylic acids is 1. The van der Waals surface area contributed by atoms with Gasteiger partial charge in [0, 0.05) is 18.7 Å². The molecule has 0 aliphatic carbocycles. The molecule has 0 aliphatic heterocycles. The molecule has 4 nitrogen and oxygen atoms in total. The van der Waals surface area contributed by atoms with Gasteiger partial charge in [0.25, 0.3) is 0 Å². The van der Waals surface area contributed by atoms with Gasteiger partial charge in [-0.05, 0) is 23.8 Å². The highest BCUT2D eigenvalue weighted by atomic mass is 16.4. The molecule has 0 radical (unpaired) electrons. The minimum atomic E-state index is -1.00. The molecule has 0 spiro atoms. The van der Waals surface area contributed by atoms with E-state index in [0.29, 0.717) is 5.69 Å². The number of nitrogens with one attached hydrogen (secondary N) is 1. The summed E-state index contributed by atoms with van der Waals surface area (Å²) in [4.78, 5) is 21.0. The summed E-state index contributed by atoms with van der Waals surface area (Å²) in [6.07, 6.45) is 2.51. The average molecular weight is 205 g/mol. The van der Waals surface area contributed by atoms with Crippen molar-refractivity contribution in [3.63, 3.8) is 0 Å². The quantitative estimate of drug-likeness (QED) is 0.738. The maximum atomic E-state index is 10.8. The van der Waals surface area contributed by atoms with Crippen LogP contribution < -0.4 is 5.32 Å². The first-order valence-corrected chi connectivity index (χ1v) is 4.36. The molecule has 0 saturated heterocycles. The van der Waals surface area contributed by atoms with Crippen molar-refractivity contribution < 1.29 is 14.7 Å². The maximum Gasteiger partial charge on any atom is 0.328 e. The lowest BCUT2D eigenvalue weighted by Crippen LogP contribution is -2.05. The number of carboxylic acids is 1. The van der Waals surface area contributed by atoms with E-state index in [0.717, 1.165) is 11.6 Å². The molecule has 0 atom stereocenters. The van der Waals surface area contributed by atoms with E-state index in [1.54, 1.807) is 24.3 Å². The zero-order chi connectivity index (χ0) is 11.3. The predicted octanol–water partition coefficient (Wildman–Crippen LogP) is 1.74. The smallest absolute Gasteiger partial charge is 0.328 e. The normalized spacial score (nSPS) is 10.2. The number of carbonyl (C=O) groups is 2. The van der Waals surface area contributed by atoms with E-state index in [1.807, 2.05) is 0 Å². The van der Waals surface area contributed by atoms with E-state index in [4.69, 9.17) is 5.11 Å². The van der Waals surface area contributed by atoms with E-state index in [1.165, 1.54) is 13.0 Å². The summed E-state index contributed by atoms with van der Waals surface area (Å²) in [6.45, 7) is 1.42. The van der Waals surface area contributed by atoms with E-state index in [2.05, 4.69) is 5.32 Å². The lowest BCUT2D eigenvalue weighted by molar-refractivity contribution is -0.131. The molecule has 0 saturated carbocycles. The summed E-state index contributed by atoms with van der Waals surface area (Å²) in [5.41, 5.74) is 1.37. The Labute approximate surface area is 87.2 Å². The van der Waals surface area contributed by atoms with Gasteiger partial charge in [0.2, 0.25) is 5.91 Å². The lowest BCUT2D eigenvalue weighted by Gasteiger charge is -2.02. The highest BCUT2D eigenvalue weighted by Crippen LogP contribution is 2.11. The molecular formula is C11H11NO3. The standard InChI is InChI=1S/C11H11NO3/c1-8(13)12-10-4-2-3-9(7-10)5-6-11(14)15/h2-7H,1H3,(H,12,13)(H,14,15). The Kier molecular flexibility index (Phi) is 3.62. The fraction of sp³-hybridized carbons (Fsp3) is 0.0909. The summed E-state index contributed by atoms with van der Waals surface area (Å²) in [7, 11) is 0. The molecule has 0 aromatic heterocycles. The van der Waals surface area contributed by atoms with Crippen molar-refractivity contribution in [1.29, 1.82) is 0 Å². The van der Waals surface area contributed by atoms with Crippen LogP contribution >= 0.6 is 0 Å². The Hall–Kier alpha value is -2.10. The van der Waals surface area contributed by atoms with Crippen LogP contribution in [0.2, 0.25) is 0 Å². The second kappa shape index (κ2) is 4.95. The number of hydrogen-bond acceptors (Lipinski definition) is 2. The van der Waals surface area contributed by atoms with Crippen molar-refractivity contribution >= 4 is 23.6 Å². The van der Waals surface area contributed by atoms with Gasteiger partial charge in [-0.25, -0.2) is 4.79 Å². The number of carbonyl (C=O) groups excluding carboxylic acids is 1. The second-order valence-corrected chi connectivity index (χ2v) is 2.98. The van der Waals surface area contributed by atoms with Crippen molar-refractivity contribution in [1.82, 2.24) is 0 Å². The number of rotatable bonds is 3. The van der Waals surface area contributed by atoms with Crippen LogP contribution in [0.4, 0.5) is 5.69 Å². The molecule has 0 bridgehead atoms. The zero-order valence-corrected chi connectivity index (χ0v) is 8.23. The zero-order valence-electron chi connectivity index (χ0n) is 8.23. The first kappa shape index (κ1) is 11.0. The summed E-state index contributed by atoms with van der Waals surface area (Å²) in [6, 6.07) is 6.93. The third-order valence-corrected chi connectivity index (χ3v) is 1.63. The van der Waals surface area contributed by atoms with E-state index < -0.39 is 5.97 Å². The molecule has 0 aliphatic rings. The third-order valence-electron chi connectivity index (χ3n) is 1.63. The topological polar surface area (TPSA) is 66.4 Å². The minimum Gasteiger partial charge on any atom is -0.478 e. The third kappa shape index (κ3) is 4.08. The van der Waals surface area contributed by atoms with Gasteiger partial charge >= 0.3 is 5.97 Å². The Morgan fingerprint density at radius 3 is 2.73 bits per heavy atom. The number of carboxylic acid groups (broad SMARTS) is 1. The van der Waals surface area contributed by atoms with Gasteiger partial charge in [-0.1, -0.05) is 12.1 Å². The van der Waals surface area contributed by atoms with E-state index in [-0.39, 0.29) is 5.91 Å². The molecular weight excluding hydrogens is 194 g/mol. The summed E-state index contributed by atoms with van der Waals surface area (Å²) >= 11 is 0. The van der Waals surface area contributed by atoms with Crippen molar-refractivity contribution in [2.24, 2.45) is 0 Å². The van der Waals surface area contributed by atoms with Gasteiger partial charge in [-0.15, -0.1) is 0 Å². The maximum absolute atomic E-state index is 10.8. The van der Waals surface area contributed by atoms with Gasteiger partial charge in [0.1, 0.15) is 0 Å². The summed E-state index contributed by atoms with van der Waals surface area (Å²) in [5.74, 6) is -1.16. The van der Waals surface area contributed by atoms with E-state index in [9.17, 15) is 9.59 Å². The van der Waals surface area contributed by atoms with Gasteiger partial charge in [-0.3, -0.25) is 4.79 Å². The van der Waals surface area contributed by atoms with Crippen LogP contribution in [-0.2, 0) is 9.59 Å². The van der Waals surface area contributed by atoms with Gasteiger partial charge in [-0.2, -0.15) is 0 Å². The molecule has 1 aromatic carbocycles. The van der Waals surface area contributed by atoms with Gasteiger partial charge < -0.3 is 10.4 Å². The van der Waals surface area contributed by atoms with Crippen LogP contribution in [0.3, 0.4) is 0 Å². The SMILES string of the molecule is CC(=O)Nc1cccc(C=CC(=O)O)c1. The molecule has 1 rings (SSSR count). The minimum absolute atomic E-state index is 0.158. The molecule has 0 heterocycles.